The van der Waals surface area contributed by atoms with Crippen molar-refractivity contribution >= 4 is 5.97 Å². The van der Waals surface area contributed by atoms with Crippen LogP contribution in [0.4, 0.5) is 0 Å². The van der Waals surface area contributed by atoms with Gasteiger partial charge >= 0.3 is 5.97 Å². The second-order valence-corrected chi connectivity index (χ2v) is 7.97. The van der Waals surface area contributed by atoms with Crippen LogP contribution in [0.3, 0.4) is 0 Å². The van der Waals surface area contributed by atoms with Gasteiger partial charge in [0.05, 0.1) is 11.7 Å². The van der Waals surface area contributed by atoms with Gasteiger partial charge in [-0.15, -0.1) is 0 Å². The van der Waals surface area contributed by atoms with Crippen LogP contribution in [-0.4, -0.2) is 37.0 Å². The molecule has 1 heterocycles. The first-order valence-electron chi connectivity index (χ1n) is 9.15. The third-order valence-electron chi connectivity index (χ3n) is 6.82. The van der Waals surface area contributed by atoms with Gasteiger partial charge in [0.2, 0.25) is 0 Å². The van der Waals surface area contributed by atoms with Gasteiger partial charge in [-0.2, -0.15) is 0 Å². The quantitative estimate of drug-likeness (QED) is 0.488. The lowest BCUT2D eigenvalue weighted by atomic mass is 9.54. The minimum Gasteiger partial charge on any atom is -0.459 e. The van der Waals surface area contributed by atoms with Crippen LogP contribution >= 0.6 is 0 Å². The van der Waals surface area contributed by atoms with Gasteiger partial charge in [-0.25, -0.2) is 4.79 Å². The van der Waals surface area contributed by atoms with E-state index in [2.05, 4.69) is 20.8 Å². The molecule has 24 heavy (non-hydrogen) atoms. The van der Waals surface area contributed by atoms with Crippen LogP contribution < -0.4 is 0 Å². The van der Waals surface area contributed by atoms with Gasteiger partial charge in [-0.1, -0.05) is 31.1 Å². The predicted molar refractivity (Wildman–Crippen MR) is 92.4 cm³/mol. The van der Waals surface area contributed by atoms with Crippen molar-refractivity contribution < 1.29 is 19.4 Å². The van der Waals surface area contributed by atoms with Crippen molar-refractivity contribution in [2.24, 2.45) is 17.3 Å². The summed E-state index contributed by atoms with van der Waals surface area (Å²) in [6, 6.07) is 0. The zero-order valence-corrected chi connectivity index (χ0v) is 15.3. The maximum absolute atomic E-state index is 11.8. The Bertz CT molecular complexity index is 576. The van der Waals surface area contributed by atoms with E-state index in [1.807, 2.05) is 13.2 Å². The minimum atomic E-state index is -0.770. The molecule has 1 saturated heterocycles. The zero-order valence-electron chi connectivity index (χ0n) is 15.3. The summed E-state index contributed by atoms with van der Waals surface area (Å²) in [6.07, 6.45) is 6.78. The van der Waals surface area contributed by atoms with Crippen molar-refractivity contribution in [2.75, 3.05) is 13.7 Å². The third kappa shape index (κ3) is 2.84. The van der Waals surface area contributed by atoms with Crippen molar-refractivity contribution in [1.82, 2.24) is 0 Å². The van der Waals surface area contributed by atoms with E-state index in [9.17, 15) is 9.90 Å². The van der Waals surface area contributed by atoms with E-state index in [1.54, 1.807) is 0 Å². The smallest absolute Gasteiger partial charge is 0.336 e. The molecule has 2 aliphatic carbocycles. The lowest BCUT2D eigenvalue weighted by molar-refractivity contribution is -0.135. The van der Waals surface area contributed by atoms with E-state index in [4.69, 9.17) is 9.47 Å². The molecule has 3 aliphatic rings. The number of carbonyl (C=O) groups is 1. The lowest BCUT2D eigenvalue weighted by Gasteiger charge is -2.52. The maximum atomic E-state index is 11.8. The Labute approximate surface area is 144 Å². The molecule has 1 aliphatic heterocycles. The topological polar surface area (TPSA) is 55.8 Å². The molecule has 0 aromatic carbocycles. The number of rotatable bonds is 3. The maximum Gasteiger partial charge on any atom is 0.336 e. The molecule has 4 nitrogen and oxygen atoms in total. The molecule has 0 aromatic heterocycles. The second-order valence-electron chi connectivity index (χ2n) is 7.97. The molecule has 1 N–H and O–H groups in total. The summed E-state index contributed by atoms with van der Waals surface area (Å²) in [5, 5.41) is 9.91. The minimum absolute atomic E-state index is 0.0924. The van der Waals surface area contributed by atoms with Gasteiger partial charge < -0.3 is 14.6 Å². The summed E-state index contributed by atoms with van der Waals surface area (Å²) >= 11 is 0. The molecular formula is C20H30O4. The van der Waals surface area contributed by atoms with Crippen molar-refractivity contribution in [3.05, 3.63) is 22.8 Å². The van der Waals surface area contributed by atoms with E-state index in [1.165, 1.54) is 17.6 Å². The summed E-state index contributed by atoms with van der Waals surface area (Å²) in [5.74, 6) is 0.801. The Hall–Kier alpha value is -1.13. The highest BCUT2D eigenvalue weighted by molar-refractivity contribution is 5.91. The molecule has 0 aromatic rings. The van der Waals surface area contributed by atoms with Crippen LogP contribution in [0, 0.1) is 17.3 Å². The van der Waals surface area contributed by atoms with Crippen molar-refractivity contribution in [3.63, 3.8) is 0 Å². The van der Waals surface area contributed by atoms with Crippen LogP contribution in [0.1, 0.15) is 52.9 Å². The fourth-order valence-electron chi connectivity index (χ4n) is 5.33. The SMILES string of the molecule is COC1CC[C@@]2(C)C(C/C=C3/C(=O)OC[C@H]3O)=C(C)CC[C@@H]2[C@H]1C. The number of aliphatic hydroxyl groups excluding tert-OH is 1. The highest BCUT2D eigenvalue weighted by atomic mass is 16.6. The monoisotopic (exact) mass is 334 g/mol. The summed E-state index contributed by atoms with van der Waals surface area (Å²) < 4.78 is 10.6. The van der Waals surface area contributed by atoms with Crippen LogP contribution in [0.25, 0.3) is 0 Å². The molecule has 3 rings (SSSR count). The van der Waals surface area contributed by atoms with Gasteiger partial charge in [-0.05, 0) is 56.3 Å². The molecule has 2 fully saturated rings. The standard InChI is InChI=1S/C20H30O4/c1-12-5-7-16-13(2)18(23-4)9-10-20(16,3)15(12)8-6-14-17(21)11-24-19(14)22/h6,13,16-18,21H,5,7-11H2,1-4H3/b14-6+/t13-,16-,17-,18?,20+/m1/s1. The Kier molecular flexibility index (Phi) is 4.89. The lowest BCUT2D eigenvalue weighted by Crippen LogP contribution is -2.46. The highest BCUT2D eigenvalue weighted by Crippen LogP contribution is 2.56. The largest absolute Gasteiger partial charge is 0.459 e. The molecule has 4 heteroatoms. The van der Waals surface area contributed by atoms with Gasteiger partial charge in [0.1, 0.15) is 12.7 Å². The first-order chi connectivity index (χ1) is 11.4. The number of allylic oxidation sites excluding steroid dienone is 3. The summed E-state index contributed by atoms with van der Waals surface area (Å²) in [5.41, 5.74) is 3.51. The number of hydrogen-bond donors (Lipinski definition) is 1. The highest BCUT2D eigenvalue weighted by Gasteiger charge is 2.48. The number of methoxy groups -OCH3 is 1. The van der Waals surface area contributed by atoms with Gasteiger partial charge in [0.25, 0.3) is 0 Å². The van der Waals surface area contributed by atoms with Crippen LogP contribution in [-0.2, 0) is 14.3 Å². The van der Waals surface area contributed by atoms with E-state index in [0.29, 0.717) is 23.5 Å². The van der Waals surface area contributed by atoms with E-state index in [0.717, 1.165) is 25.7 Å². The van der Waals surface area contributed by atoms with E-state index in [-0.39, 0.29) is 18.0 Å². The molecule has 5 atom stereocenters. The summed E-state index contributed by atoms with van der Waals surface area (Å²) in [7, 11) is 1.83. The first-order valence-corrected chi connectivity index (χ1v) is 9.15. The van der Waals surface area contributed by atoms with Crippen LogP contribution in [0.15, 0.2) is 22.8 Å². The van der Waals surface area contributed by atoms with Crippen LogP contribution in [0.5, 0.6) is 0 Å². The zero-order chi connectivity index (χ0) is 17.5. The Balaban J connectivity index is 1.86. The Morgan fingerprint density at radius 3 is 2.79 bits per heavy atom. The fraction of sp³-hybridized carbons (Fsp3) is 0.750. The van der Waals surface area contributed by atoms with Crippen LogP contribution in [0.2, 0.25) is 0 Å². The van der Waals surface area contributed by atoms with Crippen molar-refractivity contribution in [3.8, 4) is 0 Å². The number of esters is 1. The number of hydrogen-bond acceptors (Lipinski definition) is 4. The average molecular weight is 334 g/mol. The molecule has 0 bridgehead atoms. The van der Waals surface area contributed by atoms with Gasteiger partial charge in [0, 0.05) is 7.11 Å². The van der Waals surface area contributed by atoms with Crippen molar-refractivity contribution in [1.29, 1.82) is 0 Å². The first kappa shape index (κ1) is 17.7. The number of fused-ring (bicyclic) bond motifs is 1. The Morgan fingerprint density at radius 1 is 1.42 bits per heavy atom. The number of ether oxygens (including phenoxy) is 2. The normalized spacial score (nSPS) is 41.5. The van der Waals surface area contributed by atoms with E-state index >= 15 is 0 Å². The Morgan fingerprint density at radius 2 is 2.17 bits per heavy atom. The second kappa shape index (κ2) is 6.64. The van der Waals surface area contributed by atoms with Gasteiger partial charge in [0.15, 0.2) is 0 Å². The number of aliphatic hydroxyl groups is 1. The summed E-state index contributed by atoms with van der Waals surface area (Å²) in [6.45, 7) is 7.03. The average Bonchev–Trinajstić information content (AvgIpc) is 2.86. The van der Waals surface area contributed by atoms with Gasteiger partial charge in [-0.3, -0.25) is 0 Å². The molecule has 0 spiro atoms. The summed E-state index contributed by atoms with van der Waals surface area (Å²) in [4.78, 5) is 11.8. The molecule has 134 valence electrons. The molecule has 0 radical (unpaired) electrons. The number of carbonyl (C=O) groups excluding carboxylic acids is 1. The molecule has 1 unspecified atom stereocenters. The fourth-order valence-corrected chi connectivity index (χ4v) is 5.33. The number of cyclic esters (lactones) is 1. The van der Waals surface area contributed by atoms with Crippen molar-refractivity contribution in [2.45, 2.75) is 65.1 Å². The third-order valence-corrected chi connectivity index (χ3v) is 6.82. The molecular weight excluding hydrogens is 304 g/mol. The van der Waals surface area contributed by atoms with E-state index < -0.39 is 6.10 Å². The molecule has 1 saturated carbocycles. The molecule has 0 amide bonds. The predicted octanol–water partition coefficient (Wildman–Crippen LogP) is 3.40.